The Kier molecular flexibility index (Phi) is 7.87. The maximum absolute atomic E-state index is 13.6. The molecule has 3 atom stereocenters. The lowest BCUT2D eigenvalue weighted by molar-refractivity contribution is -0.136. The molecule has 7 heteroatoms. The molecule has 1 unspecified atom stereocenters. The molecule has 2 N–H and O–H groups in total. The fourth-order valence-electron chi connectivity index (χ4n) is 6.51. The molecule has 1 aliphatic carbocycles. The molecular weight excluding hydrogens is 486 g/mol. The number of hydrogen-bond acceptors (Lipinski definition) is 4. The molecule has 1 saturated carbocycles. The van der Waals surface area contributed by atoms with Gasteiger partial charge in [-0.15, -0.1) is 0 Å². The molecule has 0 spiro atoms. The standard InChI is InChI=1S/C30H36ClN3O3/c31-27-16-26(35)12-10-23(27)11-13-28(36)32-20-30-14-4-9-25(30)19-34(21-30)29(37)24-8-5-15-33(18-24)17-22-6-2-1-3-7-22/h1-3,6-7,10-13,16,24-25,35H,4-5,8-9,14-15,17-21H2,(H,32,36)/b13-11+/t24?,25-,30-/m0/s1. The zero-order valence-corrected chi connectivity index (χ0v) is 22.0. The number of phenols is 1. The summed E-state index contributed by atoms with van der Waals surface area (Å²) < 4.78 is 0. The number of fused-ring (bicyclic) bond motifs is 1. The van der Waals surface area contributed by atoms with Crippen LogP contribution in [0.2, 0.25) is 5.02 Å². The van der Waals surface area contributed by atoms with Gasteiger partial charge in [-0.1, -0.05) is 48.4 Å². The Balaban J connectivity index is 1.16. The van der Waals surface area contributed by atoms with E-state index in [1.807, 2.05) is 6.07 Å². The molecule has 3 aliphatic rings. The minimum Gasteiger partial charge on any atom is -0.508 e. The van der Waals surface area contributed by atoms with E-state index < -0.39 is 0 Å². The Bertz CT molecular complexity index is 1150. The topological polar surface area (TPSA) is 72.9 Å². The van der Waals surface area contributed by atoms with Gasteiger partial charge in [0.1, 0.15) is 5.75 Å². The van der Waals surface area contributed by atoms with Gasteiger partial charge in [-0.3, -0.25) is 14.5 Å². The van der Waals surface area contributed by atoms with Crippen LogP contribution in [0.1, 0.15) is 43.2 Å². The van der Waals surface area contributed by atoms with Crippen LogP contribution in [-0.4, -0.2) is 59.4 Å². The maximum Gasteiger partial charge on any atom is 0.244 e. The van der Waals surface area contributed by atoms with E-state index in [0.717, 1.165) is 64.8 Å². The normalized spacial score (nSPS) is 25.9. The number of carbonyl (C=O) groups excluding carboxylic acids is 2. The number of likely N-dealkylation sites (tertiary alicyclic amines) is 2. The Hall–Kier alpha value is -2.83. The number of rotatable bonds is 7. The number of amides is 2. The summed E-state index contributed by atoms with van der Waals surface area (Å²) in [6, 6.07) is 15.2. The van der Waals surface area contributed by atoms with Crippen LogP contribution >= 0.6 is 11.6 Å². The van der Waals surface area contributed by atoms with Gasteiger partial charge >= 0.3 is 0 Å². The highest BCUT2D eigenvalue weighted by atomic mass is 35.5. The van der Waals surface area contributed by atoms with Gasteiger partial charge in [0.05, 0.1) is 10.9 Å². The number of piperidine rings is 1. The number of phenolic OH excluding ortho intramolecular Hbond substituents is 1. The van der Waals surface area contributed by atoms with E-state index in [1.54, 1.807) is 18.2 Å². The van der Waals surface area contributed by atoms with Gasteiger partial charge in [0, 0.05) is 44.2 Å². The molecule has 6 nitrogen and oxygen atoms in total. The van der Waals surface area contributed by atoms with Crippen molar-refractivity contribution in [3.63, 3.8) is 0 Å². The second kappa shape index (κ2) is 11.3. The van der Waals surface area contributed by atoms with E-state index in [9.17, 15) is 14.7 Å². The molecule has 0 aromatic heterocycles. The SMILES string of the molecule is O=C(/C=C/c1ccc(O)cc1Cl)NC[C@]12CCC[C@H]1CN(C(=O)C1CCCN(Cc3ccccc3)C1)C2. The third-order valence-corrected chi connectivity index (χ3v) is 8.80. The Morgan fingerprint density at radius 3 is 2.76 bits per heavy atom. The lowest BCUT2D eigenvalue weighted by Crippen LogP contribution is -2.45. The van der Waals surface area contributed by atoms with Crippen LogP contribution in [0.15, 0.2) is 54.6 Å². The third-order valence-electron chi connectivity index (χ3n) is 8.47. The molecule has 0 bridgehead atoms. The molecule has 2 heterocycles. The van der Waals surface area contributed by atoms with Gasteiger partial charge in [0.15, 0.2) is 0 Å². The van der Waals surface area contributed by atoms with Crippen LogP contribution in [-0.2, 0) is 16.1 Å². The molecule has 3 fully saturated rings. The summed E-state index contributed by atoms with van der Waals surface area (Å²) in [4.78, 5) is 30.7. The monoisotopic (exact) mass is 521 g/mol. The molecule has 2 saturated heterocycles. The van der Waals surface area contributed by atoms with Crippen molar-refractivity contribution < 1.29 is 14.7 Å². The fourth-order valence-corrected chi connectivity index (χ4v) is 6.75. The summed E-state index contributed by atoms with van der Waals surface area (Å²) in [5.74, 6) is 0.713. The predicted octanol–water partition coefficient (Wildman–Crippen LogP) is 4.72. The van der Waals surface area contributed by atoms with Crippen molar-refractivity contribution in [3.05, 3.63) is 70.8 Å². The van der Waals surface area contributed by atoms with E-state index in [4.69, 9.17) is 11.6 Å². The summed E-state index contributed by atoms with van der Waals surface area (Å²) in [6.07, 6.45) is 8.47. The Labute approximate surface area is 224 Å². The van der Waals surface area contributed by atoms with E-state index >= 15 is 0 Å². The van der Waals surface area contributed by atoms with Gasteiger partial charge in [-0.05, 0) is 73.5 Å². The zero-order valence-electron chi connectivity index (χ0n) is 21.2. The minimum atomic E-state index is -0.169. The van der Waals surface area contributed by atoms with E-state index in [1.165, 1.54) is 17.7 Å². The molecule has 2 aliphatic heterocycles. The largest absolute Gasteiger partial charge is 0.508 e. The first kappa shape index (κ1) is 25.8. The summed E-state index contributed by atoms with van der Waals surface area (Å²) in [5, 5.41) is 13.0. The first-order chi connectivity index (χ1) is 17.9. The highest BCUT2D eigenvalue weighted by Gasteiger charge is 2.51. The Morgan fingerprint density at radius 1 is 1.11 bits per heavy atom. The highest BCUT2D eigenvalue weighted by Crippen LogP contribution is 2.48. The summed E-state index contributed by atoms with van der Waals surface area (Å²) in [6.45, 7) is 4.89. The van der Waals surface area contributed by atoms with Crippen molar-refractivity contribution in [1.82, 2.24) is 15.1 Å². The molecule has 0 radical (unpaired) electrons. The van der Waals surface area contributed by atoms with Crippen LogP contribution in [0.4, 0.5) is 0 Å². The number of hydrogen-bond donors (Lipinski definition) is 2. The van der Waals surface area contributed by atoms with Crippen molar-refractivity contribution in [2.24, 2.45) is 17.3 Å². The van der Waals surface area contributed by atoms with Crippen LogP contribution < -0.4 is 5.32 Å². The Morgan fingerprint density at radius 2 is 1.95 bits per heavy atom. The molecule has 196 valence electrons. The van der Waals surface area contributed by atoms with Gasteiger partial charge < -0.3 is 15.3 Å². The van der Waals surface area contributed by atoms with Crippen LogP contribution in [0.3, 0.4) is 0 Å². The van der Waals surface area contributed by atoms with Gasteiger partial charge in [0.25, 0.3) is 0 Å². The van der Waals surface area contributed by atoms with Gasteiger partial charge in [-0.25, -0.2) is 0 Å². The first-order valence-corrected chi connectivity index (χ1v) is 13.8. The predicted molar refractivity (Wildman–Crippen MR) is 146 cm³/mol. The molecule has 2 aromatic carbocycles. The number of nitrogens with one attached hydrogen (secondary N) is 1. The van der Waals surface area contributed by atoms with Crippen LogP contribution in [0.25, 0.3) is 6.08 Å². The van der Waals surface area contributed by atoms with Crippen LogP contribution in [0.5, 0.6) is 5.75 Å². The molecule has 2 aromatic rings. The smallest absolute Gasteiger partial charge is 0.244 e. The second-order valence-electron chi connectivity index (χ2n) is 11.0. The van der Waals surface area contributed by atoms with Gasteiger partial charge in [0.2, 0.25) is 11.8 Å². The van der Waals surface area contributed by atoms with Crippen molar-refractivity contribution in [2.75, 3.05) is 32.7 Å². The fraction of sp³-hybridized carbons (Fsp3) is 0.467. The second-order valence-corrected chi connectivity index (χ2v) is 11.4. The number of benzene rings is 2. The zero-order chi connectivity index (χ0) is 25.8. The summed E-state index contributed by atoms with van der Waals surface area (Å²) >= 11 is 6.14. The number of halogens is 1. The molecule has 2 amide bonds. The number of carbonyl (C=O) groups is 2. The third kappa shape index (κ3) is 6.02. The van der Waals surface area contributed by atoms with Crippen molar-refractivity contribution in [3.8, 4) is 5.75 Å². The van der Waals surface area contributed by atoms with Crippen molar-refractivity contribution >= 4 is 29.5 Å². The average molecular weight is 522 g/mol. The van der Waals surface area contributed by atoms with Gasteiger partial charge in [-0.2, -0.15) is 0 Å². The van der Waals surface area contributed by atoms with E-state index in [2.05, 4.69) is 39.4 Å². The van der Waals surface area contributed by atoms with E-state index in [-0.39, 0.29) is 23.0 Å². The molecular formula is C30H36ClN3O3. The first-order valence-electron chi connectivity index (χ1n) is 13.4. The lowest BCUT2D eigenvalue weighted by atomic mass is 9.80. The van der Waals surface area contributed by atoms with E-state index in [0.29, 0.717) is 29.0 Å². The summed E-state index contributed by atoms with van der Waals surface area (Å²) in [7, 11) is 0. The lowest BCUT2D eigenvalue weighted by Gasteiger charge is -2.34. The maximum atomic E-state index is 13.6. The summed E-state index contributed by atoms with van der Waals surface area (Å²) in [5.41, 5.74) is 1.94. The molecule has 5 rings (SSSR count). The minimum absolute atomic E-state index is 0.0340. The molecule has 37 heavy (non-hydrogen) atoms. The average Bonchev–Trinajstić information content (AvgIpc) is 3.45. The quantitative estimate of drug-likeness (QED) is 0.517. The highest BCUT2D eigenvalue weighted by molar-refractivity contribution is 6.32. The van der Waals surface area contributed by atoms with Crippen molar-refractivity contribution in [1.29, 1.82) is 0 Å². The number of aromatic hydroxyl groups is 1. The van der Waals surface area contributed by atoms with Crippen LogP contribution in [0, 0.1) is 17.3 Å². The number of nitrogens with zero attached hydrogens (tertiary/aromatic N) is 2. The van der Waals surface area contributed by atoms with Crippen molar-refractivity contribution in [2.45, 2.75) is 38.6 Å².